The fraction of sp³-hybridized carbons (Fsp3) is 0.200. The smallest absolute Gasteiger partial charge is 0.264 e. The largest absolute Gasteiger partial charge is 0.491 e. The third kappa shape index (κ3) is 6.43. The fourth-order valence-corrected chi connectivity index (χ4v) is 4.62. The quantitative estimate of drug-likeness (QED) is 0.380. The van der Waals surface area contributed by atoms with Gasteiger partial charge in [0.05, 0.1) is 22.9 Å². The van der Waals surface area contributed by atoms with Crippen LogP contribution in [0.15, 0.2) is 88.9 Å². The Morgan fingerprint density at radius 2 is 1.64 bits per heavy atom. The minimum Gasteiger partial charge on any atom is -0.491 e. The molecule has 0 aliphatic rings. The Morgan fingerprint density at radius 1 is 1.00 bits per heavy atom. The van der Waals surface area contributed by atoms with Gasteiger partial charge in [-0.3, -0.25) is 9.10 Å². The zero-order chi connectivity index (χ0) is 23.8. The number of ether oxygens (including phenoxy) is 1. The van der Waals surface area contributed by atoms with Crippen LogP contribution in [0, 0.1) is 6.92 Å². The van der Waals surface area contributed by atoms with Crippen LogP contribution in [0.25, 0.3) is 0 Å². The molecule has 0 fully saturated rings. The molecule has 7 nitrogen and oxygen atoms in total. The van der Waals surface area contributed by atoms with Crippen molar-refractivity contribution in [3.63, 3.8) is 0 Å². The van der Waals surface area contributed by atoms with Gasteiger partial charge in [0.1, 0.15) is 12.3 Å². The molecule has 0 radical (unpaired) electrons. The van der Waals surface area contributed by atoms with Gasteiger partial charge in [0.15, 0.2) is 0 Å². The molecule has 33 heavy (non-hydrogen) atoms. The van der Waals surface area contributed by atoms with E-state index < -0.39 is 22.5 Å². The van der Waals surface area contributed by atoms with Crippen molar-refractivity contribution in [2.24, 2.45) is 5.10 Å². The molecule has 1 N–H and O–H groups in total. The van der Waals surface area contributed by atoms with Crippen molar-refractivity contribution in [1.29, 1.82) is 0 Å². The molecule has 1 amide bonds. The molecule has 3 aromatic rings. The number of rotatable bonds is 9. The molecule has 0 heterocycles. The van der Waals surface area contributed by atoms with Gasteiger partial charge in [-0.2, -0.15) is 5.10 Å². The first kappa shape index (κ1) is 24.0. The van der Waals surface area contributed by atoms with E-state index in [0.717, 1.165) is 21.2 Å². The summed E-state index contributed by atoms with van der Waals surface area (Å²) in [7, 11) is -3.96. The number of aryl methyl sites for hydroxylation is 1. The van der Waals surface area contributed by atoms with E-state index in [9.17, 15) is 13.2 Å². The lowest BCUT2D eigenvalue weighted by atomic mass is 10.2. The standard InChI is InChI=1S/C25H27N3O4S/c1-19(2)32-22-15-13-21(14-16-22)17-26-27-25(29)18-28(24-12-8-7-9-20(24)3)33(30,31)23-10-5-4-6-11-23/h4-17,19H,18H2,1-3H3,(H,27,29)/b26-17-. The Morgan fingerprint density at radius 3 is 2.27 bits per heavy atom. The van der Waals surface area contributed by atoms with Crippen LogP contribution in [0.5, 0.6) is 5.75 Å². The number of hydrogen-bond donors (Lipinski definition) is 1. The number of para-hydroxylation sites is 1. The molecule has 0 atom stereocenters. The van der Waals surface area contributed by atoms with E-state index >= 15 is 0 Å². The molecular formula is C25H27N3O4S. The van der Waals surface area contributed by atoms with Crippen molar-refractivity contribution in [3.8, 4) is 5.75 Å². The third-order valence-corrected chi connectivity index (χ3v) is 6.43. The van der Waals surface area contributed by atoms with Crippen molar-refractivity contribution < 1.29 is 17.9 Å². The highest BCUT2D eigenvalue weighted by Crippen LogP contribution is 2.26. The van der Waals surface area contributed by atoms with Gasteiger partial charge in [0.2, 0.25) is 0 Å². The second-order valence-corrected chi connectivity index (χ2v) is 9.50. The normalized spacial score (nSPS) is 11.5. The summed E-state index contributed by atoms with van der Waals surface area (Å²) in [6.07, 6.45) is 1.56. The van der Waals surface area contributed by atoms with E-state index in [-0.39, 0.29) is 11.0 Å². The second-order valence-electron chi connectivity index (χ2n) is 7.64. The van der Waals surface area contributed by atoms with Gasteiger partial charge >= 0.3 is 0 Å². The molecule has 8 heteroatoms. The first-order chi connectivity index (χ1) is 15.8. The molecule has 3 aromatic carbocycles. The lowest BCUT2D eigenvalue weighted by molar-refractivity contribution is -0.119. The lowest BCUT2D eigenvalue weighted by Crippen LogP contribution is -2.40. The van der Waals surface area contributed by atoms with Gasteiger partial charge < -0.3 is 4.74 Å². The number of anilines is 1. The van der Waals surface area contributed by atoms with E-state index in [2.05, 4.69) is 10.5 Å². The number of hydrazone groups is 1. The summed E-state index contributed by atoms with van der Waals surface area (Å²) < 4.78 is 33.3. The third-order valence-electron chi connectivity index (χ3n) is 4.66. The molecular weight excluding hydrogens is 438 g/mol. The summed E-state index contributed by atoms with van der Waals surface area (Å²) in [5, 5.41) is 3.97. The molecule has 0 aromatic heterocycles. The van der Waals surface area contributed by atoms with Crippen LogP contribution in [-0.4, -0.2) is 33.2 Å². The molecule has 0 spiro atoms. The number of carbonyl (C=O) groups excluding carboxylic acids is 1. The van der Waals surface area contributed by atoms with Gasteiger partial charge in [-0.05, 0) is 74.4 Å². The van der Waals surface area contributed by atoms with Crippen LogP contribution >= 0.6 is 0 Å². The maximum Gasteiger partial charge on any atom is 0.264 e. The van der Waals surface area contributed by atoms with Crippen LogP contribution < -0.4 is 14.5 Å². The Balaban J connectivity index is 1.76. The Labute approximate surface area is 194 Å². The molecule has 0 aliphatic carbocycles. The van der Waals surface area contributed by atoms with Gasteiger partial charge in [0, 0.05) is 0 Å². The van der Waals surface area contributed by atoms with E-state index in [4.69, 9.17) is 4.74 Å². The molecule has 172 valence electrons. The number of nitrogens with one attached hydrogen (secondary N) is 1. The first-order valence-electron chi connectivity index (χ1n) is 10.5. The van der Waals surface area contributed by atoms with Crippen molar-refractivity contribution in [2.45, 2.75) is 31.8 Å². The van der Waals surface area contributed by atoms with Crippen LogP contribution in [0.2, 0.25) is 0 Å². The average molecular weight is 466 g/mol. The summed E-state index contributed by atoms with van der Waals surface area (Å²) in [4.78, 5) is 12.7. The number of benzene rings is 3. The van der Waals surface area contributed by atoms with Crippen LogP contribution in [-0.2, 0) is 14.8 Å². The number of sulfonamides is 1. The summed E-state index contributed by atoms with van der Waals surface area (Å²) in [6.45, 7) is 5.28. The maximum atomic E-state index is 13.3. The van der Waals surface area contributed by atoms with Gasteiger partial charge in [-0.15, -0.1) is 0 Å². The molecule has 0 saturated carbocycles. The molecule has 0 saturated heterocycles. The predicted molar refractivity (Wildman–Crippen MR) is 130 cm³/mol. The maximum absolute atomic E-state index is 13.3. The van der Waals surface area contributed by atoms with Crippen molar-refractivity contribution >= 4 is 27.8 Å². The monoisotopic (exact) mass is 465 g/mol. The van der Waals surface area contributed by atoms with E-state index in [1.54, 1.807) is 43.3 Å². The first-order valence-corrected chi connectivity index (χ1v) is 11.9. The number of amides is 1. The van der Waals surface area contributed by atoms with Crippen LogP contribution in [0.4, 0.5) is 5.69 Å². The van der Waals surface area contributed by atoms with Crippen LogP contribution in [0.1, 0.15) is 25.0 Å². The van der Waals surface area contributed by atoms with Gasteiger partial charge in [0.25, 0.3) is 15.9 Å². The van der Waals surface area contributed by atoms with Crippen LogP contribution in [0.3, 0.4) is 0 Å². The highest BCUT2D eigenvalue weighted by molar-refractivity contribution is 7.92. The zero-order valence-corrected chi connectivity index (χ0v) is 19.6. The van der Waals surface area contributed by atoms with E-state index in [1.807, 2.05) is 44.2 Å². The summed E-state index contributed by atoms with van der Waals surface area (Å²) in [6, 6.07) is 22.3. The second kappa shape index (κ2) is 10.8. The highest BCUT2D eigenvalue weighted by Gasteiger charge is 2.27. The Kier molecular flexibility index (Phi) is 7.84. The summed E-state index contributed by atoms with van der Waals surface area (Å²) in [5.74, 6) is 0.181. The topological polar surface area (TPSA) is 88.1 Å². The molecule has 0 bridgehead atoms. The molecule has 0 unspecified atom stereocenters. The number of carbonyl (C=O) groups is 1. The van der Waals surface area contributed by atoms with Crippen molar-refractivity contribution in [1.82, 2.24) is 5.43 Å². The highest BCUT2D eigenvalue weighted by atomic mass is 32.2. The zero-order valence-electron chi connectivity index (χ0n) is 18.8. The van der Waals surface area contributed by atoms with Gasteiger partial charge in [-0.1, -0.05) is 36.4 Å². The minimum atomic E-state index is -3.96. The average Bonchev–Trinajstić information content (AvgIpc) is 2.79. The Bertz CT molecular complexity index is 1210. The molecule has 3 rings (SSSR count). The van der Waals surface area contributed by atoms with Crippen molar-refractivity contribution in [2.75, 3.05) is 10.8 Å². The summed E-state index contributed by atoms with van der Waals surface area (Å²) >= 11 is 0. The fourth-order valence-electron chi connectivity index (χ4n) is 3.11. The number of hydrogen-bond acceptors (Lipinski definition) is 5. The van der Waals surface area contributed by atoms with Crippen molar-refractivity contribution in [3.05, 3.63) is 90.0 Å². The number of nitrogens with zero attached hydrogens (tertiary/aromatic N) is 2. The summed E-state index contributed by atoms with van der Waals surface area (Å²) in [5.41, 5.74) is 4.34. The molecule has 0 aliphatic heterocycles. The Hall–Kier alpha value is -3.65. The predicted octanol–water partition coefficient (Wildman–Crippen LogP) is 4.13. The SMILES string of the molecule is Cc1ccccc1N(CC(=O)N/N=C\c1ccc(OC(C)C)cc1)S(=O)(=O)c1ccccc1. The van der Waals surface area contributed by atoms with Gasteiger partial charge in [-0.25, -0.2) is 13.8 Å². The minimum absolute atomic E-state index is 0.0761. The van der Waals surface area contributed by atoms with E-state index in [1.165, 1.54) is 18.3 Å². The van der Waals surface area contributed by atoms with E-state index in [0.29, 0.717) is 5.69 Å². The lowest BCUT2D eigenvalue weighted by Gasteiger charge is -2.25.